The number of halogens is 1. The molecule has 0 amide bonds. The van der Waals surface area contributed by atoms with E-state index in [0.29, 0.717) is 5.75 Å². The molecule has 2 rings (SSSR count). The Balaban J connectivity index is 2.11. The zero-order chi connectivity index (χ0) is 9.86. The zero-order valence-electron chi connectivity index (χ0n) is 7.69. The Morgan fingerprint density at radius 3 is 2.57 bits per heavy atom. The molecule has 0 radical (unpaired) electrons. The van der Waals surface area contributed by atoms with Gasteiger partial charge in [0.2, 0.25) is 0 Å². The van der Waals surface area contributed by atoms with Crippen molar-refractivity contribution >= 4 is 10.6 Å². The zero-order valence-corrected chi connectivity index (χ0v) is 8.51. The Bertz CT molecular complexity index is 361. The second kappa shape index (κ2) is 3.88. The molecule has 0 aromatic heterocycles. The van der Waals surface area contributed by atoms with Gasteiger partial charge in [0.25, 0.3) is 0 Å². The molecule has 3 heteroatoms. The number of rotatable bonds is 2. The molecule has 1 heterocycles. The van der Waals surface area contributed by atoms with Crippen LogP contribution in [-0.4, -0.2) is 0 Å². The van der Waals surface area contributed by atoms with Crippen LogP contribution in [0.25, 0.3) is 0 Å². The minimum atomic E-state index is -2.31. The van der Waals surface area contributed by atoms with E-state index in [1.807, 2.05) is 30.3 Å². The van der Waals surface area contributed by atoms with Crippen LogP contribution in [0, 0.1) is 0 Å². The third-order valence-corrected chi connectivity index (χ3v) is 3.86. The molecular weight excluding hydrogens is 197 g/mol. The van der Waals surface area contributed by atoms with Crippen LogP contribution in [0.5, 0.6) is 0 Å². The number of hydrogen-bond donors (Lipinski definition) is 1. The molecule has 74 valence electrons. The molecule has 1 N–H and O–H groups in total. The van der Waals surface area contributed by atoms with Gasteiger partial charge in [-0.15, -0.1) is 0 Å². The van der Waals surface area contributed by atoms with Crippen LogP contribution in [0.15, 0.2) is 54.1 Å². The van der Waals surface area contributed by atoms with Crippen molar-refractivity contribution in [2.75, 3.05) is 0 Å². The van der Waals surface area contributed by atoms with Crippen molar-refractivity contribution in [3.8, 4) is 0 Å². The van der Waals surface area contributed by atoms with E-state index >= 15 is 0 Å². The van der Waals surface area contributed by atoms with Gasteiger partial charge in [-0.2, -0.15) is 3.89 Å². The fourth-order valence-corrected chi connectivity index (χ4v) is 2.90. The summed E-state index contributed by atoms with van der Waals surface area (Å²) in [5.74, 6) is 0.439. The average molecular weight is 209 g/mol. The van der Waals surface area contributed by atoms with E-state index in [2.05, 4.69) is 4.72 Å². The highest BCUT2D eigenvalue weighted by molar-refractivity contribution is 8.29. The SMILES string of the molecule is FS1(Cc2ccccc2)C=CC=CN1. The average Bonchev–Trinajstić information content (AvgIpc) is 2.19. The van der Waals surface area contributed by atoms with Gasteiger partial charge < -0.3 is 4.72 Å². The smallest absolute Gasteiger partial charge is 0.0496 e. The quantitative estimate of drug-likeness (QED) is 0.787. The standard InChI is InChI=1S/C11H12FNS/c12-14(9-5-4-8-13-14)10-11-6-2-1-3-7-11/h1-9,13H,10H2. The van der Waals surface area contributed by atoms with Crippen LogP contribution in [0.2, 0.25) is 0 Å². The number of nitrogens with one attached hydrogen (secondary N) is 1. The first kappa shape index (κ1) is 9.34. The molecule has 1 atom stereocenters. The fourth-order valence-electron chi connectivity index (χ4n) is 1.32. The molecule has 0 saturated heterocycles. The Labute approximate surface area is 85.1 Å². The van der Waals surface area contributed by atoms with E-state index < -0.39 is 10.6 Å². The van der Waals surface area contributed by atoms with E-state index in [-0.39, 0.29) is 0 Å². The predicted molar refractivity (Wildman–Crippen MR) is 60.3 cm³/mol. The second-order valence-electron chi connectivity index (χ2n) is 3.14. The molecule has 0 saturated carbocycles. The summed E-state index contributed by atoms with van der Waals surface area (Å²) in [7, 11) is -2.31. The monoisotopic (exact) mass is 209 g/mol. The van der Waals surface area contributed by atoms with Gasteiger partial charge in [0.05, 0.1) is 0 Å². The Kier molecular flexibility index (Phi) is 2.59. The summed E-state index contributed by atoms with van der Waals surface area (Å²) in [6.45, 7) is 0. The van der Waals surface area contributed by atoms with E-state index in [9.17, 15) is 3.89 Å². The van der Waals surface area contributed by atoms with Gasteiger partial charge in [0.1, 0.15) is 0 Å². The first-order chi connectivity index (χ1) is 6.79. The van der Waals surface area contributed by atoms with Crippen molar-refractivity contribution in [2.24, 2.45) is 0 Å². The molecular formula is C11H12FNS. The van der Waals surface area contributed by atoms with Crippen LogP contribution in [0.4, 0.5) is 3.89 Å². The van der Waals surface area contributed by atoms with Crippen LogP contribution in [-0.2, 0) is 5.75 Å². The second-order valence-corrected chi connectivity index (χ2v) is 5.34. The van der Waals surface area contributed by atoms with Crippen molar-refractivity contribution in [1.82, 2.24) is 4.72 Å². The molecule has 0 aliphatic carbocycles. The maximum absolute atomic E-state index is 14.1. The molecule has 1 nitrogen and oxygen atoms in total. The molecule has 1 unspecified atom stereocenters. The summed E-state index contributed by atoms with van der Waals surface area (Å²) in [6.07, 6.45) is 5.23. The molecule has 0 spiro atoms. The van der Waals surface area contributed by atoms with Crippen molar-refractivity contribution in [1.29, 1.82) is 0 Å². The molecule has 1 aromatic rings. The summed E-state index contributed by atoms with van der Waals surface area (Å²) in [6, 6.07) is 9.69. The van der Waals surface area contributed by atoms with Gasteiger partial charge in [-0.25, -0.2) is 0 Å². The first-order valence-electron chi connectivity index (χ1n) is 4.44. The Morgan fingerprint density at radius 2 is 1.93 bits per heavy atom. The lowest BCUT2D eigenvalue weighted by Crippen LogP contribution is -2.12. The summed E-state index contributed by atoms with van der Waals surface area (Å²) >= 11 is 0. The number of allylic oxidation sites excluding steroid dienone is 2. The molecule has 0 fully saturated rings. The van der Waals surface area contributed by atoms with Gasteiger partial charge in [0, 0.05) is 22.6 Å². The minimum absolute atomic E-state index is 0.439. The van der Waals surface area contributed by atoms with E-state index in [0.717, 1.165) is 5.56 Å². The largest absolute Gasteiger partial charge is 0.327 e. The minimum Gasteiger partial charge on any atom is -0.327 e. The van der Waals surface area contributed by atoms with Crippen molar-refractivity contribution in [2.45, 2.75) is 5.75 Å². The lowest BCUT2D eigenvalue weighted by molar-refractivity contribution is 0.874. The predicted octanol–water partition coefficient (Wildman–Crippen LogP) is 3.42. The molecule has 14 heavy (non-hydrogen) atoms. The van der Waals surface area contributed by atoms with Crippen LogP contribution in [0.1, 0.15) is 5.56 Å². The normalized spacial score (nSPS) is 29.2. The first-order valence-corrected chi connectivity index (χ1v) is 6.20. The highest BCUT2D eigenvalue weighted by Crippen LogP contribution is 2.51. The summed E-state index contributed by atoms with van der Waals surface area (Å²) in [4.78, 5) is 0. The van der Waals surface area contributed by atoms with Crippen molar-refractivity contribution < 1.29 is 3.89 Å². The lowest BCUT2D eigenvalue weighted by atomic mass is 10.2. The molecule has 0 bridgehead atoms. The Hall–Kier alpha value is -1.22. The van der Waals surface area contributed by atoms with Crippen LogP contribution >= 0.6 is 10.6 Å². The maximum Gasteiger partial charge on any atom is 0.0496 e. The molecule has 1 aliphatic rings. The fraction of sp³-hybridized carbons (Fsp3) is 0.0909. The van der Waals surface area contributed by atoms with Gasteiger partial charge in [-0.1, -0.05) is 36.4 Å². The lowest BCUT2D eigenvalue weighted by Gasteiger charge is -2.29. The summed E-state index contributed by atoms with van der Waals surface area (Å²) in [5, 5.41) is 1.62. The summed E-state index contributed by atoms with van der Waals surface area (Å²) in [5.41, 5.74) is 1.03. The van der Waals surface area contributed by atoms with Crippen molar-refractivity contribution in [3.05, 3.63) is 59.7 Å². The topological polar surface area (TPSA) is 12.0 Å². The van der Waals surface area contributed by atoms with E-state index in [4.69, 9.17) is 0 Å². The van der Waals surface area contributed by atoms with E-state index in [1.54, 1.807) is 23.8 Å². The Morgan fingerprint density at radius 1 is 1.14 bits per heavy atom. The van der Waals surface area contributed by atoms with E-state index in [1.165, 1.54) is 0 Å². The summed E-state index contributed by atoms with van der Waals surface area (Å²) < 4.78 is 16.9. The van der Waals surface area contributed by atoms with Gasteiger partial charge in [0.15, 0.2) is 0 Å². The third-order valence-electron chi connectivity index (χ3n) is 1.99. The maximum atomic E-state index is 14.1. The van der Waals surface area contributed by atoms with Crippen molar-refractivity contribution in [3.63, 3.8) is 0 Å². The highest BCUT2D eigenvalue weighted by Gasteiger charge is 2.19. The number of hydrogen-bond acceptors (Lipinski definition) is 1. The third kappa shape index (κ3) is 2.17. The van der Waals surface area contributed by atoms with Gasteiger partial charge in [-0.05, 0) is 17.0 Å². The van der Waals surface area contributed by atoms with Gasteiger partial charge in [-0.3, -0.25) is 0 Å². The van der Waals surface area contributed by atoms with Gasteiger partial charge >= 0.3 is 0 Å². The van der Waals surface area contributed by atoms with Crippen LogP contribution < -0.4 is 4.72 Å². The van der Waals surface area contributed by atoms with Crippen LogP contribution in [0.3, 0.4) is 0 Å². The number of benzene rings is 1. The highest BCUT2D eigenvalue weighted by atomic mass is 32.3. The molecule has 1 aliphatic heterocycles. The molecule has 1 aromatic carbocycles.